The first-order valence-corrected chi connectivity index (χ1v) is 9.90. The van der Waals surface area contributed by atoms with Crippen LogP contribution >= 0.6 is 49.6 Å². The van der Waals surface area contributed by atoms with Gasteiger partial charge in [0, 0.05) is 58.4 Å². The summed E-state index contributed by atoms with van der Waals surface area (Å²) in [7, 11) is 1.41. The van der Waals surface area contributed by atoms with Crippen LogP contribution in [0.4, 0.5) is 0 Å². The Morgan fingerprint density at radius 1 is 0.800 bits per heavy atom. The highest BCUT2D eigenvalue weighted by Crippen LogP contribution is 2.14. The van der Waals surface area contributed by atoms with Crippen molar-refractivity contribution in [3.63, 3.8) is 0 Å². The number of piperidine rings is 1. The quantitative estimate of drug-likeness (QED) is 0.533. The number of nitrogens with one attached hydrogen (secondary N) is 1. The molecule has 180 valence electrons. The first-order chi connectivity index (χ1) is 12.7. The number of esters is 1. The van der Waals surface area contributed by atoms with Crippen molar-refractivity contribution in [1.82, 2.24) is 24.9 Å². The molecule has 1 N–H and O–H groups in total. The van der Waals surface area contributed by atoms with Crippen LogP contribution in [0.15, 0.2) is 0 Å². The van der Waals surface area contributed by atoms with E-state index in [2.05, 4.69) is 15.1 Å². The Morgan fingerprint density at radius 2 is 1.30 bits per heavy atom. The molecule has 0 aliphatic carbocycles. The molecular weight excluding hydrogens is 476 g/mol. The molecule has 30 heavy (non-hydrogen) atoms. The Bertz CT molecular complexity index is 484. The average molecular weight is 513 g/mol. The summed E-state index contributed by atoms with van der Waals surface area (Å²) in [6, 6.07) is 0.719. The Balaban J connectivity index is 0. The second-order valence-corrected chi connectivity index (χ2v) is 7.53. The molecule has 0 aromatic carbocycles. The minimum absolute atomic E-state index is 0. The zero-order valence-electron chi connectivity index (χ0n) is 17.6. The average Bonchev–Trinajstić information content (AvgIpc) is 2.69. The van der Waals surface area contributed by atoms with Gasteiger partial charge in [-0.3, -0.25) is 24.3 Å². The van der Waals surface area contributed by atoms with Crippen LogP contribution in [-0.2, 0) is 14.3 Å². The Kier molecular flexibility index (Phi) is 17.7. The molecule has 3 saturated heterocycles. The largest absolute Gasteiger partial charge is 0.468 e. The summed E-state index contributed by atoms with van der Waals surface area (Å²) in [6.45, 7) is 10.1. The molecule has 0 aromatic heterocycles. The number of piperazine rings is 2. The van der Waals surface area contributed by atoms with Gasteiger partial charge < -0.3 is 15.0 Å². The summed E-state index contributed by atoms with van der Waals surface area (Å²) in [5.41, 5.74) is 0. The molecule has 0 atom stereocenters. The van der Waals surface area contributed by atoms with Gasteiger partial charge in [-0.2, -0.15) is 0 Å². The molecule has 3 fully saturated rings. The fourth-order valence-electron chi connectivity index (χ4n) is 4.15. The molecule has 12 heteroatoms. The summed E-state index contributed by atoms with van der Waals surface area (Å²) in [5, 5.41) is 3.43. The van der Waals surface area contributed by atoms with Crippen LogP contribution in [0.1, 0.15) is 12.8 Å². The van der Waals surface area contributed by atoms with E-state index in [1.54, 1.807) is 0 Å². The molecule has 8 nitrogen and oxygen atoms in total. The molecule has 3 rings (SSSR count). The standard InChI is InChI=1S/C18H33N5O3.4ClH/c1-26-18(25)15-21-8-12-23(13-9-21)17(24)14-20-6-10-22(11-7-20)16-2-4-19-5-3-16;;;;/h16,19H,2-15H2,1H3;4*1H. The minimum Gasteiger partial charge on any atom is -0.468 e. The van der Waals surface area contributed by atoms with Gasteiger partial charge in [0.15, 0.2) is 0 Å². The van der Waals surface area contributed by atoms with Gasteiger partial charge in [0.05, 0.1) is 20.2 Å². The monoisotopic (exact) mass is 511 g/mol. The maximum Gasteiger partial charge on any atom is 0.319 e. The van der Waals surface area contributed by atoms with Crippen LogP contribution in [0.25, 0.3) is 0 Å². The van der Waals surface area contributed by atoms with Gasteiger partial charge >= 0.3 is 5.97 Å². The number of amides is 1. The SMILES string of the molecule is COC(=O)CN1CCN(C(=O)CN2CCN(C3CCNCC3)CC2)CC1.Cl.Cl.Cl.Cl. The summed E-state index contributed by atoms with van der Waals surface area (Å²) < 4.78 is 4.70. The maximum atomic E-state index is 12.6. The van der Waals surface area contributed by atoms with Crippen molar-refractivity contribution >= 4 is 61.5 Å². The zero-order valence-corrected chi connectivity index (χ0v) is 20.9. The molecule has 1 amide bonds. The van der Waals surface area contributed by atoms with Gasteiger partial charge in [-0.25, -0.2) is 0 Å². The third-order valence-electron chi connectivity index (χ3n) is 5.90. The number of halogens is 4. The van der Waals surface area contributed by atoms with Crippen molar-refractivity contribution in [1.29, 1.82) is 0 Å². The van der Waals surface area contributed by atoms with Gasteiger partial charge in [-0.1, -0.05) is 0 Å². The minimum atomic E-state index is -0.212. The number of hydrogen-bond acceptors (Lipinski definition) is 7. The lowest BCUT2D eigenvalue weighted by atomic mass is 10.0. The Labute approximate surface area is 205 Å². The summed E-state index contributed by atoms with van der Waals surface area (Å²) in [4.78, 5) is 32.8. The maximum absolute atomic E-state index is 12.6. The highest BCUT2D eigenvalue weighted by atomic mass is 35.5. The number of carbonyl (C=O) groups is 2. The molecule has 3 heterocycles. The third-order valence-corrected chi connectivity index (χ3v) is 5.90. The fourth-order valence-corrected chi connectivity index (χ4v) is 4.15. The lowest BCUT2D eigenvalue weighted by Crippen LogP contribution is -2.56. The van der Waals surface area contributed by atoms with Crippen LogP contribution in [0.5, 0.6) is 0 Å². The van der Waals surface area contributed by atoms with E-state index in [4.69, 9.17) is 4.74 Å². The van der Waals surface area contributed by atoms with Gasteiger partial charge in [0.1, 0.15) is 0 Å². The first-order valence-electron chi connectivity index (χ1n) is 9.90. The van der Waals surface area contributed by atoms with Crippen LogP contribution in [0, 0.1) is 0 Å². The fraction of sp³-hybridized carbons (Fsp3) is 0.889. The van der Waals surface area contributed by atoms with Gasteiger partial charge in [0.2, 0.25) is 5.91 Å². The molecule has 3 aliphatic rings. The van der Waals surface area contributed by atoms with Crippen molar-refractivity contribution in [3.8, 4) is 0 Å². The van der Waals surface area contributed by atoms with Crippen LogP contribution in [0.3, 0.4) is 0 Å². The van der Waals surface area contributed by atoms with Crippen LogP contribution in [0.2, 0.25) is 0 Å². The summed E-state index contributed by atoms with van der Waals surface area (Å²) in [6.07, 6.45) is 2.49. The molecule has 0 radical (unpaired) electrons. The smallest absolute Gasteiger partial charge is 0.319 e. The summed E-state index contributed by atoms with van der Waals surface area (Å²) in [5.74, 6) is 0.00873. The number of carbonyl (C=O) groups excluding carboxylic acids is 2. The molecule has 0 spiro atoms. The van der Waals surface area contributed by atoms with E-state index in [1.165, 1.54) is 20.0 Å². The zero-order chi connectivity index (χ0) is 18.4. The number of hydrogen-bond donors (Lipinski definition) is 1. The first kappa shape index (κ1) is 32.1. The lowest BCUT2D eigenvalue weighted by molar-refractivity contribution is -0.142. The van der Waals surface area contributed by atoms with E-state index >= 15 is 0 Å². The molecule has 3 aliphatic heterocycles. The van der Waals surface area contributed by atoms with Crippen molar-refractivity contribution in [2.45, 2.75) is 18.9 Å². The van der Waals surface area contributed by atoms with Gasteiger partial charge in [-0.15, -0.1) is 49.6 Å². The van der Waals surface area contributed by atoms with E-state index in [0.717, 1.165) is 58.4 Å². The predicted octanol–water partition coefficient (Wildman–Crippen LogP) is 0.360. The Morgan fingerprint density at radius 3 is 1.83 bits per heavy atom. The highest BCUT2D eigenvalue weighted by Gasteiger charge is 2.28. The van der Waals surface area contributed by atoms with E-state index in [0.29, 0.717) is 26.2 Å². The molecule has 0 unspecified atom stereocenters. The lowest BCUT2D eigenvalue weighted by Gasteiger charge is -2.41. The number of nitrogens with zero attached hydrogens (tertiary/aromatic N) is 4. The second kappa shape index (κ2) is 16.6. The van der Waals surface area contributed by atoms with E-state index in [1.807, 2.05) is 9.80 Å². The third kappa shape index (κ3) is 9.61. The number of ether oxygens (including phenoxy) is 1. The number of rotatable bonds is 5. The second-order valence-electron chi connectivity index (χ2n) is 7.53. The van der Waals surface area contributed by atoms with Crippen molar-refractivity contribution in [3.05, 3.63) is 0 Å². The van der Waals surface area contributed by atoms with Crippen LogP contribution < -0.4 is 5.32 Å². The van der Waals surface area contributed by atoms with Gasteiger partial charge in [0.25, 0.3) is 0 Å². The van der Waals surface area contributed by atoms with Gasteiger partial charge in [-0.05, 0) is 25.9 Å². The molecular formula is C18H37Cl4N5O3. The summed E-state index contributed by atoms with van der Waals surface area (Å²) >= 11 is 0. The van der Waals surface area contributed by atoms with Crippen molar-refractivity contribution in [2.24, 2.45) is 0 Å². The van der Waals surface area contributed by atoms with E-state index < -0.39 is 0 Å². The predicted molar refractivity (Wildman–Crippen MR) is 128 cm³/mol. The van der Waals surface area contributed by atoms with E-state index in [9.17, 15) is 9.59 Å². The normalized spacial score (nSPS) is 21.3. The van der Waals surface area contributed by atoms with E-state index in [-0.39, 0.29) is 61.5 Å². The van der Waals surface area contributed by atoms with Crippen LogP contribution in [-0.4, -0.2) is 123 Å². The molecule has 0 saturated carbocycles. The van der Waals surface area contributed by atoms with Crippen molar-refractivity contribution < 1.29 is 14.3 Å². The topological polar surface area (TPSA) is 68.4 Å². The molecule has 0 bridgehead atoms. The highest BCUT2D eigenvalue weighted by molar-refractivity contribution is 5.86. The number of methoxy groups -OCH3 is 1. The van der Waals surface area contributed by atoms with Crippen molar-refractivity contribution in [2.75, 3.05) is 85.6 Å². The molecule has 0 aromatic rings. The Hall–Kier alpha value is -0.0600.